The Morgan fingerprint density at radius 2 is 2.15 bits per heavy atom. The fourth-order valence-corrected chi connectivity index (χ4v) is 2.67. The number of hydrogen-bond acceptors (Lipinski definition) is 4. The third-order valence-corrected chi connectivity index (χ3v) is 3.87. The van der Waals surface area contributed by atoms with Crippen LogP contribution in [0.1, 0.15) is 15.9 Å². The van der Waals surface area contributed by atoms with E-state index in [9.17, 15) is 4.79 Å². The highest BCUT2D eigenvalue weighted by molar-refractivity contribution is 7.17. The van der Waals surface area contributed by atoms with E-state index in [1.54, 1.807) is 29.7 Å². The first-order valence-corrected chi connectivity index (χ1v) is 6.87. The monoisotopic (exact) mass is 285 g/mol. The van der Waals surface area contributed by atoms with Gasteiger partial charge >= 0.3 is 5.97 Å². The Hall–Kier alpha value is -2.40. The number of hydrogen-bond donors (Lipinski definition) is 1. The average molecular weight is 285 g/mol. The summed E-state index contributed by atoms with van der Waals surface area (Å²) < 4.78 is 6.89. The normalized spacial score (nSPS) is 10.7. The zero-order valence-electron chi connectivity index (χ0n) is 10.7. The van der Waals surface area contributed by atoms with Gasteiger partial charge in [-0.3, -0.25) is 0 Å². The first kappa shape index (κ1) is 12.6. The molecule has 0 radical (unpaired) electrons. The molecule has 2 aromatic heterocycles. The molecule has 0 aliphatic carbocycles. The van der Waals surface area contributed by atoms with Gasteiger partial charge in [-0.15, -0.1) is 11.3 Å². The van der Waals surface area contributed by atoms with Gasteiger partial charge in [-0.05, 0) is 42.1 Å². The van der Waals surface area contributed by atoms with Crippen LogP contribution in [0.15, 0.2) is 41.9 Å². The van der Waals surface area contributed by atoms with E-state index in [-0.39, 0.29) is 5.56 Å². The van der Waals surface area contributed by atoms with Crippen molar-refractivity contribution in [2.75, 3.05) is 0 Å². The molecule has 20 heavy (non-hydrogen) atoms. The summed E-state index contributed by atoms with van der Waals surface area (Å²) in [5, 5.41) is 11.9. The zero-order valence-corrected chi connectivity index (χ0v) is 11.5. The number of pyridine rings is 1. The number of fused-ring (bicyclic) bond motifs is 1. The third-order valence-electron chi connectivity index (χ3n) is 2.99. The molecule has 0 unspecified atom stereocenters. The summed E-state index contributed by atoms with van der Waals surface area (Å²) in [5.74, 6) is 0.0297. The van der Waals surface area contributed by atoms with Crippen LogP contribution in [-0.2, 0) is 0 Å². The van der Waals surface area contributed by atoms with Gasteiger partial charge in [0, 0.05) is 10.9 Å². The smallest absolute Gasteiger partial charge is 0.335 e. The molecule has 1 N–H and O–H groups in total. The average Bonchev–Trinajstić information content (AvgIpc) is 2.90. The summed E-state index contributed by atoms with van der Waals surface area (Å²) in [6.07, 6.45) is 1.69. The SMILES string of the molecule is Cc1ccc(C(=O)O)cc1Oc1nccc2sccc12. The van der Waals surface area contributed by atoms with Crippen molar-refractivity contribution in [2.24, 2.45) is 0 Å². The van der Waals surface area contributed by atoms with Crippen LogP contribution in [0.3, 0.4) is 0 Å². The van der Waals surface area contributed by atoms with Crippen molar-refractivity contribution in [3.63, 3.8) is 0 Å². The number of aromatic nitrogens is 1. The second-order valence-electron chi connectivity index (χ2n) is 4.34. The lowest BCUT2D eigenvalue weighted by atomic mass is 10.1. The largest absolute Gasteiger partial charge is 0.478 e. The van der Waals surface area contributed by atoms with Gasteiger partial charge in [0.25, 0.3) is 0 Å². The van der Waals surface area contributed by atoms with Gasteiger partial charge in [-0.25, -0.2) is 9.78 Å². The minimum atomic E-state index is -0.975. The molecule has 1 aromatic carbocycles. The second kappa shape index (κ2) is 4.94. The van der Waals surface area contributed by atoms with Crippen LogP contribution in [-0.4, -0.2) is 16.1 Å². The van der Waals surface area contributed by atoms with Gasteiger partial charge in [0.15, 0.2) is 0 Å². The molecule has 0 saturated heterocycles. The van der Waals surface area contributed by atoms with E-state index in [0.717, 1.165) is 15.6 Å². The number of carbonyl (C=O) groups is 1. The topological polar surface area (TPSA) is 59.4 Å². The minimum Gasteiger partial charge on any atom is -0.478 e. The van der Waals surface area contributed by atoms with Gasteiger partial charge in [0.2, 0.25) is 5.88 Å². The molecule has 3 rings (SSSR count). The fourth-order valence-electron chi connectivity index (χ4n) is 1.90. The lowest BCUT2D eigenvalue weighted by molar-refractivity contribution is 0.0696. The molecule has 4 nitrogen and oxygen atoms in total. The van der Waals surface area contributed by atoms with Crippen molar-refractivity contribution in [1.82, 2.24) is 4.98 Å². The number of aryl methyl sites for hydroxylation is 1. The molecule has 5 heteroatoms. The summed E-state index contributed by atoms with van der Waals surface area (Å²) >= 11 is 1.61. The first-order valence-electron chi connectivity index (χ1n) is 5.99. The van der Waals surface area contributed by atoms with E-state index in [0.29, 0.717) is 11.6 Å². The highest BCUT2D eigenvalue weighted by atomic mass is 32.1. The summed E-state index contributed by atoms with van der Waals surface area (Å²) in [6.45, 7) is 1.87. The minimum absolute atomic E-state index is 0.197. The number of carboxylic acid groups (broad SMARTS) is 1. The number of thiophene rings is 1. The molecule has 0 atom stereocenters. The quantitative estimate of drug-likeness (QED) is 0.787. The molecule has 0 bridgehead atoms. The van der Waals surface area contributed by atoms with Gasteiger partial charge < -0.3 is 9.84 Å². The van der Waals surface area contributed by atoms with Crippen molar-refractivity contribution in [3.05, 3.63) is 53.0 Å². The van der Waals surface area contributed by atoms with Crippen LogP contribution in [0, 0.1) is 6.92 Å². The van der Waals surface area contributed by atoms with Gasteiger partial charge in [0.05, 0.1) is 10.9 Å². The standard InChI is InChI=1S/C15H11NO3S/c1-9-2-3-10(15(17)18)8-12(9)19-14-11-5-7-20-13(11)4-6-16-14/h2-8H,1H3,(H,17,18). The molecule has 0 spiro atoms. The summed E-state index contributed by atoms with van der Waals surface area (Å²) in [6, 6.07) is 8.67. The molecule has 0 fully saturated rings. The number of carboxylic acids is 1. The first-order chi connectivity index (χ1) is 9.65. The van der Waals surface area contributed by atoms with Crippen LogP contribution in [0.5, 0.6) is 11.6 Å². The van der Waals surface area contributed by atoms with Crippen LogP contribution in [0.25, 0.3) is 10.1 Å². The molecule has 0 saturated carbocycles. The van der Waals surface area contributed by atoms with Gasteiger partial charge in [0.1, 0.15) is 5.75 Å². The Morgan fingerprint density at radius 1 is 1.30 bits per heavy atom. The summed E-state index contributed by atoms with van der Waals surface area (Å²) in [5.41, 5.74) is 1.06. The van der Waals surface area contributed by atoms with Crippen molar-refractivity contribution in [3.8, 4) is 11.6 Å². The van der Waals surface area contributed by atoms with E-state index in [1.807, 2.05) is 24.4 Å². The van der Waals surface area contributed by atoms with Crippen LogP contribution < -0.4 is 4.74 Å². The van der Waals surface area contributed by atoms with Crippen LogP contribution >= 0.6 is 11.3 Å². The van der Waals surface area contributed by atoms with Gasteiger partial charge in [-0.1, -0.05) is 6.07 Å². The molecular weight excluding hydrogens is 274 g/mol. The van der Waals surface area contributed by atoms with E-state index in [4.69, 9.17) is 9.84 Å². The fraction of sp³-hybridized carbons (Fsp3) is 0.0667. The lowest BCUT2D eigenvalue weighted by Gasteiger charge is -2.09. The number of ether oxygens (including phenoxy) is 1. The number of nitrogens with zero attached hydrogens (tertiary/aromatic N) is 1. The Labute approximate surface area is 119 Å². The highest BCUT2D eigenvalue weighted by Crippen LogP contribution is 2.32. The molecule has 0 aliphatic heterocycles. The maximum Gasteiger partial charge on any atom is 0.335 e. The Kier molecular flexibility index (Phi) is 3.12. The van der Waals surface area contributed by atoms with Gasteiger partial charge in [-0.2, -0.15) is 0 Å². The van der Waals surface area contributed by atoms with E-state index >= 15 is 0 Å². The maximum atomic E-state index is 11.0. The predicted molar refractivity (Wildman–Crippen MR) is 77.8 cm³/mol. The zero-order chi connectivity index (χ0) is 14.1. The maximum absolute atomic E-state index is 11.0. The molecule has 3 aromatic rings. The van der Waals surface area contributed by atoms with Crippen molar-refractivity contribution in [2.45, 2.75) is 6.92 Å². The number of aromatic carboxylic acids is 1. The number of rotatable bonds is 3. The van der Waals surface area contributed by atoms with E-state index < -0.39 is 5.97 Å². The summed E-state index contributed by atoms with van der Waals surface area (Å²) in [4.78, 5) is 15.2. The molecular formula is C15H11NO3S. The van der Waals surface area contributed by atoms with Crippen molar-refractivity contribution in [1.29, 1.82) is 0 Å². The van der Waals surface area contributed by atoms with Crippen molar-refractivity contribution >= 4 is 27.4 Å². The highest BCUT2D eigenvalue weighted by Gasteiger charge is 2.11. The Morgan fingerprint density at radius 3 is 2.95 bits per heavy atom. The summed E-state index contributed by atoms with van der Waals surface area (Å²) in [7, 11) is 0. The predicted octanol–water partition coefficient (Wildman–Crippen LogP) is 4.10. The van der Waals surface area contributed by atoms with E-state index in [2.05, 4.69) is 4.98 Å². The molecule has 0 aliphatic rings. The van der Waals surface area contributed by atoms with Crippen molar-refractivity contribution < 1.29 is 14.6 Å². The van der Waals surface area contributed by atoms with Crippen LogP contribution in [0.4, 0.5) is 0 Å². The Balaban J connectivity index is 2.04. The van der Waals surface area contributed by atoms with Crippen LogP contribution in [0.2, 0.25) is 0 Å². The molecule has 2 heterocycles. The molecule has 0 amide bonds. The lowest BCUT2D eigenvalue weighted by Crippen LogP contribution is -1.98. The molecule has 100 valence electrons. The third kappa shape index (κ3) is 2.23. The Bertz CT molecular complexity index is 795. The second-order valence-corrected chi connectivity index (χ2v) is 5.28. The van der Waals surface area contributed by atoms with E-state index in [1.165, 1.54) is 6.07 Å². The number of benzene rings is 1.